The fraction of sp³-hybridized carbons (Fsp3) is 0.909. The maximum absolute atomic E-state index is 11.6. The van der Waals surface area contributed by atoms with E-state index in [0.29, 0.717) is 12.5 Å². The van der Waals surface area contributed by atoms with Crippen LogP contribution in [0.1, 0.15) is 19.3 Å². The molecule has 7 heteroatoms. The van der Waals surface area contributed by atoms with E-state index in [9.17, 15) is 13.2 Å². The zero-order valence-corrected chi connectivity index (χ0v) is 11.3. The van der Waals surface area contributed by atoms with Crippen molar-refractivity contribution < 1.29 is 17.9 Å². The van der Waals surface area contributed by atoms with E-state index in [1.807, 2.05) is 0 Å². The summed E-state index contributed by atoms with van der Waals surface area (Å²) in [6.07, 6.45) is 3.18. The predicted octanol–water partition coefficient (Wildman–Crippen LogP) is -0.958. The minimum Gasteiger partial charge on any atom is -0.376 e. The van der Waals surface area contributed by atoms with Gasteiger partial charge in [-0.1, -0.05) is 0 Å². The van der Waals surface area contributed by atoms with Crippen molar-refractivity contribution in [1.82, 2.24) is 5.32 Å². The number of nitrogens with two attached hydrogens (primary N) is 1. The third-order valence-corrected chi connectivity index (χ3v) is 4.65. The van der Waals surface area contributed by atoms with E-state index in [4.69, 9.17) is 10.5 Å². The molecule has 2 fully saturated rings. The van der Waals surface area contributed by atoms with Gasteiger partial charge in [0.25, 0.3) is 0 Å². The maximum Gasteiger partial charge on any atom is 0.221 e. The number of fused-ring (bicyclic) bond motifs is 1. The average molecular weight is 276 g/mol. The Morgan fingerprint density at radius 2 is 2.22 bits per heavy atom. The van der Waals surface area contributed by atoms with Crippen LogP contribution in [0.5, 0.6) is 0 Å². The molecule has 4 unspecified atom stereocenters. The van der Waals surface area contributed by atoms with E-state index in [1.165, 1.54) is 0 Å². The lowest BCUT2D eigenvalue weighted by Crippen LogP contribution is -2.72. The monoisotopic (exact) mass is 276 g/mol. The molecule has 0 bridgehead atoms. The second kappa shape index (κ2) is 5.14. The van der Waals surface area contributed by atoms with Gasteiger partial charge in [0.1, 0.15) is 9.84 Å². The van der Waals surface area contributed by atoms with Gasteiger partial charge in [0.15, 0.2) is 0 Å². The van der Waals surface area contributed by atoms with Gasteiger partial charge in [0, 0.05) is 31.2 Å². The Hall–Kier alpha value is -0.660. The topological polar surface area (TPSA) is 98.5 Å². The minimum absolute atomic E-state index is 0.0101. The van der Waals surface area contributed by atoms with Crippen LogP contribution in [0.25, 0.3) is 0 Å². The Bertz CT molecular complexity index is 423. The molecular weight excluding hydrogens is 256 g/mol. The fourth-order valence-corrected chi connectivity index (χ4v) is 3.22. The predicted molar refractivity (Wildman–Crippen MR) is 66.7 cm³/mol. The molecule has 1 saturated carbocycles. The van der Waals surface area contributed by atoms with Crippen LogP contribution in [0.3, 0.4) is 0 Å². The van der Waals surface area contributed by atoms with Crippen molar-refractivity contribution in [2.75, 3.05) is 18.6 Å². The van der Waals surface area contributed by atoms with Crippen LogP contribution < -0.4 is 11.1 Å². The summed E-state index contributed by atoms with van der Waals surface area (Å²) in [6, 6.07) is -0.236. The van der Waals surface area contributed by atoms with E-state index in [1.54, 1.807) is 0 Å². The summed E-state index contributed by atoms with van der Waals surface area (Å²) in [5.41, 5.74) is 5.99. The molecule has 0 radical (unpaired) electrons. The normalized spacial score (nSPS) is 35.4. The number of rotatable bonds is 4. The van der Waals surface area contributed by atoms with E-state index >= 15 is 0 Å². The van der Waals surface area contributed by atoms with E-state index in [0.717, 1.165) is 19.1 Å². The van der Waals surface area contributed by atoms with Gasteiger partial charge in [-0.2, -0.15) is 0 Å². The number of sulfone groups is 1. The molecule has 18 heavy (non-hydrogen) atoms. The van der Waals surface area contributed by atoms with Crippen molar-refractivity contribution in [2.24, 2.45) is 11.7 Å². The summed E-state index contributed by atoms with van der Waals surface area (Å²) >= 11 is 0. The molecule has 2 aliphatic rings. The SMILES string of the molecule is CS(=O)(=O)CCC(=O)NC1C(N)C2CCCOC21. The average Bonchev–Trinajstić information content (AvgIpc) is 2.32. The third-order valence-electron chi connectivity index (χ3n) is 3.70. The molecule has 0 spiro atoms. The van der Waals surface area contributed by atoms with E-state index < -0.39 is 9.84 Å². The number of amides is 1. The molecule has 0 aromatic rings. The molecular formula is C11H20N2O4S. The second-order valence-corrected chi connectivity index (χ2v) is 7.45. The van der Waals surface area contributed by atoms with E-state index in [2.05, 4.69) is 5.32 Å². The molecule has 1 amide bonds. The number of carbonyl (C=O) groups excluding carboxylic acids is 1. The zero-order valence-electron chi connectivity index (χ0n) is 10.5. The van der Waals surface area contributed by atoms with Gasteiger partial charge in [-0.15, -0.1) is 0 Å². The van der Waals surface area contributed by atoms with Crippen LogP contribution in [0.4, 0.5) is 0 Å². The Morgan fingerprint density at radius 3 is 2.89 bits per heavy atom. The van der Waals surface area contributed by atoms with Crippen molar-refractivity contribution in [1.29, 1.82) is 0 Å². The fourth-order valence-electron chi connectivity index (χ4n) is 2.66. The molecule has 0 aromatic carbocycles. The maximum atomic E-state index is 11.6. The van der Waals surface area contributed by atoms with Crippen LogP contribution in [-0.2, 0) is 19.4 Å². The van der Waals surface area contributed by atoms with Crippen LogP contribution >= 0.6 is 0 Å². The number of nitrogens with one attached hydrogen (secondary N) is 1. The lowest BCUT2D eigenvalue weighted by molar-refractivity contribution is -0.139. The molecule has 6 nitrogen and oxygen atoms in total. The largest absolute Gasteiger partial charge is 0.376 e. The number of carbonyl (C=O) groups is 1. The molecule has 1 saturated heterocycles. The summed E-state index contributed by atoms with van der Waals surface area (Å²) < 4.78 is 27.5. The highest BCUT2D eigenvalue weighted by Crippen LogP contribution is 2.36. The first-order valence-electron chi connectivity index (χ1n) is 6.23. The first-order valence-corrected chi connectivity index (χ1v) is 8.29. The first-order chi connectivity index (χ1) is 8.38. The Balaban J connectivity index is 1.81. The van der Waals surface area contributed by atoms with Gasteiger partial charge in [0.05, 0.1) is 17.9 Å². The molecule has 104 valence electrons. The van der Waals surface area contributed by atoms with Gasteiger partial charge in [0.2, 0.25) is 5.91 Å². The highest BCUT2D eigenvalue weighted by molar-refractivity contribution is 7.90. The summed E-state index contributed by atoms with van der Waals surface area (Å²) in [4.78, 5) is 11.6. The molecule has 3 N–H and O–H groups in total. The highest BCUT2D eigenvalue weighted by atomic mass is 32.2. The summed E-state index contributed by atoms with van der Waals surface area (Å²) in [5, 5.41) is 2.78. The highest BCUT2D eigenvalue weighted by Gasteiger charge is 2.50. The number of hydrogen-bond acceptors (Lipinski definition) is 5. The lowest BCUT2D eigenvalue weighted by Gasteiger charge is -2.52. The van der Waals surface area contributed by atoms with Gasteiger partial charge in [-0.25, -0.2) is 8.42 Å². The second-order valence-electron chi connectivity index (χ2n) is 5.19. The Labute approximate surface area is 107 Å². The lowest BCUT2D eigenvalue weighted by atomic mass is 9.68. The van der Waals surface area contributed by atoms with Gasteiger partial charge >= 0.3 is 0 Å². The quantitative estimate of drug-likeness (QED) is 0.689. The summed E-state index contributed by atoms with van der Waals surface area (Å²) in [5.74, 6) is -0.0668. The standard InChI is InChI=1S/C11H20N2O4S/c1-18(15,16)6-4-8(14)13-10-9(12)7-3-2-5-17-11(7)10/h7,9-11H,2-6,12H2,1H3,(H,13,14). The first kappa shape index (κ1) is 13.8. The minimum atomic E-state index is -3.10. The van der Waals surface area contributed by atoms with Crippen molar-refractivity contribution in [3.63, 3.8) is 0 Å². The van der Waals surface area contributed by atoms with E-state index in [-0.39, 0.29) is 36.3 Å². The molecule has 0 aromatic heterocycles. The van der Waals surface area contributed by atoms with Gasteiger partial charge in [-0.3, -0.25) is 4.79 Å². The van der Waals surface area contributed by atoms with Crippen LogP contribution in [0, 0.1) is 5.92 Å². The number of ether oxygens (including phenoxy) is 1. The molecule has 4 atom stereocenters. The van der Waals surface area contributed by atoms with Crippen LogP contribution in [-0.4, -0.2) is 51.1 Å². The van der Waals surface area contributed by atoms with Crippen LogP contribution in [0.2, 0.25) is 0 Å². The summed E-state index contributed by atoms with van der Waals surface area (Å²) in [6.45, 7) is 0.712. The van der Waals surface area contributed by atoms with Gasteiger partial charge in [-0.05, 0) is 12.8 Å². The molecule has 2 rings (SSSR count). The molecule has 1 aliphatic carbocycles. The number of hydrogen-bond donors (Lipinski definition) is 2. The van der Waals surface area contributed by atoms with Crippen LogP contribution in [0.15, 0.2) is 0 Å². The molecule has 1 aliphatic heterocycles. The summed E-state index contributed by atoms with van der Waals surface area (Å²) in [7, 11) is -3.10. The zero-order chi connectivity index (χ0) is 13.3. The van der Waals surface area contributed by atoms with Crippen molar-refractivity contribution >= 4 is 15.7 Å². The van der Waals surface area contributed by atoms with Crippen molar-refractivity contribution in [3.05, 3.63) is 0 Å². The third kappa shape index (κ3) is 3.02. The molecule has 1 heterocycles. The van der Waals surface area contributed by atoms with Gasteiger partial charge < -0.3 is 15.8 Å². The Kier molecular flexibility index (Phi) is 3.93. The van der Waals surface area contributed by atoms with Crippen molar-refractivity contribution in [3.8, 4) is 0 Å². The Morgan fingerprint density at radius 1 is 1.50 bits per heavy atom. The smallest absolute Gasteiger partial charge is 0.221 e. The van der Waals surface area contributed by atoms with Crippen molar-refractivity contribution in [2.45, 2.75) is 37.5 Å².